The first-order valence-electron chi connectivity index (χ1n) is 7.33. The number of fused-ring (bicyclic) bond motifs is 1. The molecule has 6 heteroatoms. The number of rotatable bonds is 4. The van der Waals surface area contributed by atoms with Gasteiger partial charge in [0.15, 0.2) is 0 Å². The number of amides is 1. The Hall–Kier alpha value is -1.85. The molecule has 1 atom stereocenters. The fourth-order valence-electron chi connectivity index (χ4n) is 2.68. The van der Waals surface area contributed by atoms with E-state index in [-0.39, 0.29) is 18.6 Å². The average Bonchev–Trinajstić information content (AvgIpc) is 2.98. The van der Waals surface area contributed by atoms with Gasteiger partial charge in [-0.15, -0.1) is 0 Å². The highest BCUT2D eigenvalue weighted by Crippen LogP contribution is 2.30. The maximum absolute atomic E-state index is 12.1. The van der Waals surface area contributed by atoms with Crippen molar-refractivity contribution >= 4 is 23.2 Å². The van der Waals surface area contributed by atoms with Gasteiger partial charge in [0.2, 0.25) is 5.91 Å². The number of carbonyl (C=O) groups excluding carboxylic acids is 1. The predicted molar refractivity (Wildman–Crippen MR) is 85.0 cm³/mol. The molecule has 22 heavy (non-hydrogen) atoms. The molecule has 1 heterocycles. The van der Waals surface area contributed by atoms with Crippen LogP contribution in [0.3, 0.4) is 0 Å². The van der Waals surface area contributed by atoms with Crippen molar-refractivity contribution in [2.45, 2.75) is 32.3 Å². The predicted octanol–water partition coefficient (Wildman–Crippen LogP) is 3.40. The summed E-state index contributed by atoms with van der Waals surface area (Å²) in [6, 6.07) is 5.41. The van der Waals surface area contributed by atoms with E-state index in [1.54, 1.807) is 12.1 Å². The fraction of sp³-hybridized carbons (Fsp3) is 0.375. The Morgan fingerprint density at radius 2 is 2.41 bits per heavy atom. The number of benzene rings is 1. The van der Waals surface area contributed by atoms with Gasteiger partial charge in [0.1, 0.15) is 6.61 Å². The molecule has 116 valence electrons. The number of halogens is 1. The van der Waals surface area contributed by atoms with Crippen LogP contribution in [0.25, 0.3) is 0 Å². The van der Waals surface area contributed by atoms with E-state index in [9.17, 15) is 4.79 Å². The third-order valence-electron chi connectivity index (χ3n) is 3.88. The van der Waals surface area contributed by atoms with Crippen LogP contribution in [-0.4, -0.2) is 22.7 Å². The minimum Gasteiger partial charge on any atom is -0.362 e. The van der Waals surface area contributed by atoms with Crippen LogP contribution in [0, 0.1) is 6.92 Å². The molecule has 0 radical (unpaired) electrons. The molecule has 1 aromatic carbocycles. The number of H-pyrrole nitrogens is 1. The molecule has 0 saturated carbocycles. The molecule has 3 rings (SSSR count). The minimum absolute atomic E-state index is 0.00901. The topological polar surface area (TPSA) is 67.0 Å². The summed E-state index contributed by atoms with van der Waals surface area (Å²) >= 11 is 5.95. The Morgan fingerprint density at radius 3 is 3.27 bits per heavy atom. The maximum atomic E-state index is 12.1. The smallest absolute Gasteiger partial charge is 0.250 e. The molecule has 1 aromatic heterocycles. The fourth-order valence-corrected chi connectivity index (χ4v) is 2.85. The summed E-state index contributed by atoms with van der Waals surface area (Å²) in [4.78, 5) is 12.1. The van der Waals surface area contributed by atoms with E-state index in [0.29, 0.717) is 10.7 Å². The lowest BCUT2D eigenvalue weighted by Gasteiger charge is -2.22. The number of aryl methyl sites for hydroxylation is 2. The molecular weight excluding hydrogens is 302 g/mol. The molecule has 1 aliphatic carbocycles. The van der Waals surface area contributed by atoms with E-state index < -0.39 is 0 Å². The van der Waals surface area contributed by atoms with Gasteiger partial charge in [0.05, 0.1) is 18.0 Å². The third-order valence-corrected chi connectivity index (χ3v) is 4.11. The highest BCUT2D eigenvalue weighted by Gasteiger charge is 2.23. The Labute approximate surface area is 134 Å². The van der Waals surface area contributed by atoms with Crippen molar-refractivity contribution in [3.63, 3.8) is 0 Å². The minimum atomic E-state index is -0.183. The second kappa shape index (κ2) is 6.50. The lowest BCUT2D eigenvalue weighted by Crippen LogP contribution is -2.22. The standard InChI is InChI=1S/C16H18ClN3O2/c1-10-5-6-12(17)7-13(10)19-15(21)9-22-14-4-2-3-11-8-18-20-16(11)14/h5-8,14H,2-4,9H2,1H3,(H,18,20)(H,19,21)/t14-/m0/s1. The Kier molecular flexibility index (Phi) is 4.45. The third kappa shape index (κ3) is 3.31. The summed E-state index contributed by atoms with van der Waals surface area (Å²) < 4.78 is 5.76. The number of aromatic nitrogens is 2. The molecule has 0 unspecified atom stereocenters. The van der Waals surface area contributed by atoms with Gasteiger partial charge >= 0.3 is 0 Å². The number of carbonyl (C=O) groups is 1. The van der Waals surface area contributed by atoms with Gasteiger partial charge in [0, 0.05) is 10.7 Å². The second-order valence-electron chi connectivity index (χ2n) is 5.51. The summed E-state index contributed by atoms with van der Waals surface area (Å²) in [7, 11) is 0. The molecule has 0 fully saturated rings. The quantitative estimate of drug-likeness (QED) is 0.907. The van der Waals surface area contributed by atoms with Crippen molar-refractivity contribution in [2.24, 2.45) is 0 Å². The van der Waals surface area contributed by atoms with Crippen LogP contribution in [0.2, 0.25) is 5.02 Å². The molecule has 1 amide bonds. The van der Waals surface area contributed by atoms with Gasteiger partial charge in [-0.2, -0.15) is 5.10 Å². The van der Waals surface area contributed by atoms with Gasteiger partial charge in [-0.25, -0.2) is 0 Å². The van der Waals surface area contributed by atoms with Gasteiger partial charge < -0.3 is 10.1 Å². The first-order chi connectivity index (χ1) is 10.6. The van der Waals surface area contributed by atoms with E-state index in [2.05, 4.69) is 15.5 Å². The zero-order valence-electron chi connectivity index (χ0n) is 12.4. The lowest BCUT2D eigenvalue weighted by molar-refractivity contribution is -0.123. The Bertz CT molecular complexity index is 684. The van der Waals surface area contributed by atoms with Crippen LogP contribution in [0.5, 0.6) is 0 Å². The normalized spacial score (nSPS) is 17.1. The summed E-state index contributed by atoms with van der Waals surface area (Å²) in [5.41, 5.74) is 3.86. The molecule has 1 aliphatic rings. The van der Waals surface area contributed by atoms with Crippen LogP contribution in [0.15, 0.2) is 24.4 Å². The van der Waals surface area contributed by atoms with Crippen molar-refractivity contribution in [2.75, 3.05) is 11.9 Å². The summed E-state index contributed by atoms with van der Waals surface area (Å²) in [5, 5.41) is 10.5. The van der Waals surface area contributed by atoms with Crippen LogP contribution in [-0.2, 0) is 16.0 Å². The molecular formula is C16H18ClN3O2. The van der Waals surface area contributed by atoms with E-state index in [1.807, 2.05) is 19.2 Å². The first-order valence-corrected chi connectivity index (χ1v) is 7.71. The molecule has 0 spiro atoms. The SMILES string of the molecule is Cc1ccc(Cl)cc1NC(=O)CO[C@H]1CCCc2cn[nH]c21. The van der Waals surface area contributed by atoms with E-state index in [1.165, 1.54) is 5.56 Å². The molecule has 0 bridgehead atoms. The highest BCUT2D eigenvalue weighted by molar-refractivity contribution is 6.31. The zero-order chi connectivity index (χ0) is 15.5. The summed E-state index contributed by atoms with van der Waals surface area (Å²) in [6.07, 6.45) is 4.71. The monoisotopic (exact) mass is 319 g/mol. The van der Waals surface area contributed by atoms with E-state index in [4.69, 9.17) is 16.3 Å². The van der Waals surface area contributed by atoms with E-state index in [0.717, 1.165) is 30.5 Å². The average molecular weight is 320 g/mol. The molecule has 0 saturated heterocycles. The van der Waals surface area contributed by atoms with Gasteiger partial charge in [-0.3, -0.25) is 9.89 Å². The number of hydrogen-bond acceptors (Lipinski definition) is 3. The summed E-state index contributed by atoms with van der Waals surface area (Å²) in [6.45, 7) is 1.93. The molecule has 0 aliphatic heterocycles. The van der Waals surface area contributed by atoms with Crippen LogP contribution in [0.4, 0.5) is 5.69 Å². The number of ether oxygens (including phenoxy) is 1. The highest BCUT2D eigenvalue weighted by atomic mass is 35.5. The Balaban J connectivity index is 1.58. The van der Waals surface area contributed by atoms with Gasteiger partial charge in [0.25, 0.3) is 0 Å². The lowest BCUT2D eigenvalue weighted by atomic mass is 9.96. The molecule has 5 nitrogen and oxygen atoms in total. The van der Waals surface area contributed by atoms with Crippen LogP contribution < -0.4 is 5.32 Å². The Morgan fingerprint density at radius 1 is 1.55 bits per heavy atom. The second-order valence-corrected chi connectivity index (χ2v) is 5.94. The van der Waals surface area contributed by atoms with Crippen molar-refractivity contribution in [3.8, 4) is 0 Å². The number of anilines is 1. The maximum Gasteiger partial charge on any atom is 0.250 e. The van der Waals surface area contributed by atoms with Gasteiger partial charge in [-0.1, -0.05) is 17.7 Å². The van der Waals surface area contributed by atoms with Crippen molar-refractivity contribution in [3.05, 3.63) is 46.2 Å². The van der Waals surface area contributed by atoms with Crippen LogP contribution in [0.1, 0.15) is 35.8 Å². The zero-order valence-corrected chi connectivity index (χ0v) is 13.1. The van der Waals surface area contributed by atoms with Crippen molar-refractivity contribution in [1.29, 1.82) is 0 Å². The largest absolute Gasteiger partial charge is 0.362 e. The first kappa shape index (κ1) is 15.1. The number of nitrogens with one attached hydrogen (secondary N) is 2. The van der Waals surface area contributed by atoms with Crippen molar-refractivity contribution in [1.82, 2.24) is 10.2 Å². The summed E-state index contributed by atoms with van der Waals surface area (Å²) in [5.74, 6) is -0.183. The van der Waals surface area contributed by atoms with E-state index >= 15 is 0 Å². The van der Waals surface area contributed by atoms with Crippen LogP contribution >= 0.6 is 11.6 Å². The number of hydrogen-bond donors (Lipinski definition) is 2. The molecule has 2 aromatic rings. The van der Waals surface area contributed by atoms with Crippen molar-refractivity contribution < 1.29 is 9.53 Å². The number of aromatic amines is 1. The number of nitrogens with zero attached hydrogens (tertiary/aromatic N) is 1. The molecule has 2 N–H and O–H groups in total. The van der Waals surface area contributed by atoms with Gasteiger partial charge in [-0.05, 0) is 49.4 Å².